The van der Waals surface area contributed by atoms with Crippen LogP contribution in [0.1, 0.15) is 12.0 Å². The molecule has 1 aliphatic heterocycles. The Morgan fingerprint density at radius 3 is 2.95 bits per heavy atom. The summed E-state index contributed by atoms with van der Waals surface area (Å²) in [5.41, 5.74) is 0.578. The Morgan fingerprint density at radius 2 is 2.26 bits per heavy atom. The molecule has 106 valence electrons. The van der Waals surface area contributed by atoms with E-state index in [-0.39, 0.29) is 17.9 Å². The summed E-state index contributed by atoms with van der Waals surface area (Å²) in [7, 11) is -3.24. The van der Waals surface area contributed by atoms with Crippen LogP contribution >= 0.6 is 15.9 Å². The number of hydrogen-bond acceptors (Lipinski definition) is 3. The van der Waals surface area contributed by atoms with E-state index in [1.54, 1.807) is 18.2 Å². The van der Waals surface area contributed by atoms with E-state index in [0.717, 1.165) is 12.8 Å². The van der Waals surface area contributed by atoms with E-state index in [9.17, 15) is 12.8 Å². The molecule has 4 nitrogen and oxygen atoms in total. The number of sulfonamides is 1. The van der Waals surface area contributed by atoms with Gasteiger partial charge >= 0.3 is 0 Å². The summed E-state index contributed by atoms with van der Waals surface area (Å²) in [5.74, 6) is -0.283. The van der Waals surface area contributed by atoms with Gasteiger partial charge in [-0.1, -0.05) is 12.1 Å². The van der Waals surface area contributed by atoms with Crippen molar-refractivity contribution in [2.24, 2.45) is 0 Å². The van der Waals surface area contributed by atoms with Crippen LogP contribution in [0.25, 0.3) is 0 Å². The number of benzene rings is 1. The number of halogens is 2. The van der Waals surface area contributed by atoms with E-state index >= 15 is 0 Å². The van der Waals surface area contributed by atoms with Crippen molar-refractivity contribution in [3.8, 4) is 0 Å². The average Bonchev–Trinajstić information content (AvgIpc) is 2.70. The molecule has 0 amide bonds. The van der Waals surface area contributed by atoms with Gasteiger partial charge in [-0.05, 0) is 46.9 Å². The number of rotatable bonds is 4. The SMILES string of the molecule is CS(=O)(=O)N[C@H]1CCN[C@H]1Cc1cccc(Br)c1F. The first kappa shape index (κ1) is 14.9. The van der Waals surface area contributed by atoms with Crippen LogP contribution in [0.2, 0.25) is 0 Å². The smallest absolute Gasteiger partial charge is 0.209 e. The third-order valence-electron chi connectivity index (χ3n) is 3.18. The molecule has 0 saturated carbocycles. The van der Waals surface area contributed by atoms with Crippen LogP contribution in [0, 0.1) is 5.82 Å². The van der Waals surface area contributed by atoms with Gasteiger partial charge in [0.05, 0.1) is 10.7 Å². The maximum absolute atomic E-state index is 13.9. The van der Waals surface area contributed by atoms with Gasteiger partial charge in [-0.15, -0.1) is 0 Å². The predicted octanol–water partition coefficient (Wildman–Crippen LogP) is 1.41. The molecule has 0 aromatic heterocycles. The fraction of sp³-hybridized carbons (Fsp3) is 0.500. The molecule has 0 unspecified atom stereocenters. The van der Waals surface area contributed by atoms with E-state index in [2.05, 4.69) is 26.0 Å². The van der Waals surface area contributed by atoms with E-state index in [4.69, 9.17) is 0 Å². The van der Waals surface area contributed by atoms with Crippen LogP contribution in [0.5, 0.6) is 0 Å². The van der Waals surface area contributed by atoms with Gasteiger partial charge in [-0.3, -0.25) is 0 Å². The van der Waals surface area contributed by atoms with Crippen LogP contribution in [0.15, 0.2) is 22.7 Å². The second kappa shape index (κ2) is 5.87. The molecule has 2 rings (SSSR count). The Balaban J connectivity index is 2.11. The van der Waals surface area contributed by atoms with Crippen molar-refractivity contribution in [2.75, 3.05) is 12.8 Å². The lowest BCUT2D eigenvalue weighted by molar-refractivity contribution is 0.484. The Labute approximate surface area is 121 Å². The third kappa shape index (κ3) is 3.98. The van der Waals surface area contributed by atoms with Crippen LogP contribution in [-0.4, -0.2) is 33.3 Å². The van der Waals surface area contributed by atoms with Crippen LogP contribution < -0.4 is 10.0 Å². The molecule has 0 bridgehead atoms. The largest absolute Gasteiger partial charge is 0.312 e. The minimum absolute atomic E-state index is 0.0847. The van der Waals surface area contributed by atoms with Crippen molar-refractivity contribution in [3.63, 3.8) is 0 Å². The summed E-state index contributed by atoms with van der Waals surface area (Å²) in [6, 6.07) is 4.87. The minimum atomic E-state index is -3.24. The summed E-state index contributed by atoms with van der Waals surface area (Å²) in [4.78, 5) is 0. The molecule has 0 spiro atoms. The molecule has 1 heterocycles. The molecular weight excluding hydrogens is 335 g/mol. The van der Waals surface area contributed by atoms with Gasteiger partial charge in [-0.25, -0.2) is 17.5 Å². The highest BCUT2D eigenvalue weighted by atomic mass is 79.9. The second-order valence-electron chi connectivity index (χ2n) is 4.76. The molecule has 0 aliphatic carbocycles. The molecule has 7 heteroatoms. The monoisotopic (exact) mass is 350 g/mol. The van der Waals surface area contributed by atoms with Gasteiger partial charge in [0.15, 0.2) is 0 Å². The van der Waals surface area contributed by atoms with E-state index in [0.29, 0.717) is 22.9 Å². The summed E-state index contributed by atoms with van der Waals surface area (Å²) < 4.78 is 39.5. The lowest BCUT2D eigenvalue weighted by Crippen LogP contribution is -2.44. The topological polar surface area (TPSA) is 58.2 Å². The summed E-state index contributed by atoms with van der Waals surface area (Å²) >= 11 is 3.15. The normalized spacial score (nSPS) is 23.7. The quantitative estimate of drug-likeness (QED) is 0.863. The molecule has 2 atom stereocenters. The summed E-state index contributed by atoms with van der Waals surface area (Å²) in [6.07, 6.45) is 2.31. The standard InChI is InChI=1S/C12H16BrFN2O2S/c1-19(17,18)16-10-5-6-15-11(10)7-8-3-2-4-9(13)12(8)14/h2-4,10-11,15-16H,5-7H2,1H3/t10-,11-/m0/s1. The summed E-state index contributed by atoms with van der Waals surface area (Å²) in [5, 5.41) is 3.22. The molecular formula is C12H16BrFN2O2S. The second-order valence-corrected chi connectivity index (χ2v) is 7.40. The van der Waals surface area contributed by atoms with Crippen molar-refractivity contribution < 1.29 is 12.8 Å². The zero-order chi connectivity index (χ0) is 14.0. The van der Waals surface area contributed by atoms with Gasteiger partial charge in [0.1, 0.15) is 5.82 Å². The Hall–Kier alpha value is -0.500. The Morgan fingerprint density at radius 1 is 1.53 bits per heavy atom. The van der Waals surface area contributed by atoms with Crippen LogP contribution in [0.4, 0.5) is 4.39 Å². The lowest BCUT2D eigenvalue weighted by atomic mass is 10.0. The first-order valence-corrected chi connectivity index (χ1v) is 8.69. The zero-order valence-corrected chi connectivity index (χ0v) is 12.9. The maximum atomic E-state index is 13.9. The molecule has 1 fully saturated rings. The Kier molecular flexibility index (Phi) is 4.60. The molecule has 0 radical (unpaired) electrons. The van der Waals surface area contributed by atoms with Crippen LogP contribution in [0.3, 0.4) is 0 Å². The molecule has 1 aromatic rings. The van der Waals surface area contributed by atoms with Crippen molar-refractivity contribution >= 4 is 26.0 Å². The van der Waals surface area contributed by atoms with Gasteiger partial charge in [0.2, 0.25) is 10.0 Å². The molecule has 2 N–H and O–H groups in total. The van der Waals surface area contributed by atoms with E-state index < -0.39 is 10.0 Å². The maximum Gasteiger partial charge on any atom is 0.209 e. The molecule has 1 aliphatic rings. The first-order chi connectivity index (χ1) is 8.87. The number of hydrogen-bond donors (Lipinski definition) is 2. The van der Waals surface area contributed by atoms with Crippen LogP contribution in [-0.2, 0) is 16.4 Å². The van der Waals surface area contributed by atoms with Crippen molar-refractivity contribution in [1.29, 1.82) is 0 Å². The fourth-order valence-electron chi connectivity index (χ4n) is 2.34. The predicted molar refractivity (Wildman–Crippen MR) is 76.0 cm³/mol. The number of nitrogens with one attached hydrogen (secondary N) is 2. The van der Waals surface area contributed by atoms with Crippen molar-refractivity contribution in [2.45, 2.75) is 24.9 Å². The minimum Gasteiger partial charge on any atom is -0.312 e. The van der Waals surface area contributed by atoms with E-state index in [1.807, 2.05) is 0 Å². The average molecular weight is 351 g/mol. The fourth-order valence-corrected chi connectivity index (χ4v) is 3.58. The van der Waals surface area contributed by atoms with Crippen molar-refractivity contribution in [3.05, 3.63) is 34.1 Å². The first-order valence-electron chi connectivity index (χ1n) is 6.00. The van der Waals surface area contributed by atoms with Gasteiger partial charge in [0, 0.05) is 12.1 Å². The van der Waals surface area contributed by atoms with Gasteiger partial charge in [0.25, 0.3) is 0 Å². The third-order valence-corrected chi connectivity index (χ3v) is 4.53. The zero-order valence-electron chi connectivity index (χ0n) is 10.5. The summed E-state index contributed by atoms with van der Waals surface area (Å²) in [6.45, 7) is 0.730. The highest BCUT2D eigenvalue weighted by Gasteiger charge is 2.29. The van der Waals surface area contributed by atoms with E-state index in [1.165, 1.54) is 0 Å². The lowest BCUT2D eigenvalue weighted by Gasteiger charge is -2.20. The Bertz CT molecular complexity index is 565. The van der Waals surface area contributed by atoms with Crippen molar-refractivity contribution in [1.82, 2.24) is 10.0 Å². The van der Waals surface area contributed by atoms with Gasteiger partial charge < -0.3 is 5.32 Å². The highest BCUT2D eigenvalue weighted by Crippen LogP contribution is 2.22. The van der Waals surface area contributed by atoms with Gasteiger partial charge in [-0.2, -0.15) is 0 Å². The molecule has 1 aromatic carbocycles. The molecule has 1 saturated heterocycles. The highest BCUT2D eigenvalue weighted by molar-refractivity contribution is 9.10. The molecule has 19 heavy (non-hydrogen) atoms.